The predicted molar refractivity (Wildman–Crippen MR) is 157 cm³/mol. The molecule has 0 bridgehead atoms. The van der Waals surface area contributed by atoms with Gasteiger partial charge in [0.05, 0.1) is 36.9 Å². The summed E-state index contributed by atoms with van der Waals surface area (Å²) in [6.07, 6.45) is -0.0927. The lowest BCUT2D eigenvalue weighted by Gasteiger charge is -2.43. The van der Waals surface area contributed by atoms with Crippen molar-refractivity contribution in [3.05, 3.63) is 77.4 Å². The van der Waals surface area contributed by atoms with Crippen molar-refractivity contribution in [1.29, 1.82) is 0 Å². The van der Waals surface area contributed by atoms with Crippen molar-refractivity contribution in [3.8, 4) is 28.7 Å². The van der Waals surface area contributed by atoms with E-state index >= 15 is 0 Å². The Morgan fingerprint density at radius 1 is 0.951 bits per heavy atom. The van der Waals surface area contributed by atoms with Crippen LogP contribution in [0.4, 0.5) is 0 Å². The third-order valence-electron chi connectivity index (χ3n) is 7.69. The van der Waals surface area contributed by atoms with Gasteiger partial charge in [-0.05, 0) is 58.9 Å². The number of ether oxygens (including phenoxy) is 6. The van der Waals surface area contributed by atoms with Crippen LogP contribution in [0.2, 0.25) is 0 Å². The van der Waals surface area contributed by atoms with Crippen LogP contribution in [0.3, 0.4) is 0 Å². The Bertz CT molecular complexity index is 1370. The molecule has 6 rings (SSSR count). The molecular formula is C31H32O8S2. The van der Waals surface area contributed by atoms with Gasteiger partial charge in [0.1, 0.15) is 6.61 Å². The van der Waals surface area contributed by atoms with Crippen LogP contribution in [0, 0.1) is 11.8 Å². The summed E-state index contributed by atoms with van der Waals surface area (Å²) in [5, 5.41) is 11.8. The molecule has 0 spiro atoms. The van der Waals surface area contributed by atoms with E-state index in [0.29, 0.717) is 40.9 Å². The van der Waals surface area contributed by atoms with Gasteiger partial charge < -0.3 is 33.5 Å². The van der Waals surface area contributed by atoms with Crippen molar-refractivity contribution in [1.82, 2.24) is 0 Å². The molecule has 1 N–H and O–H groups in total. The van der Waals surface area contributed by atoms with E-state index in [2.05, 4.69) is 0 Å². The number of cyclic esters (lactones) is 1. The minimum Gasteiger partial charge on any atom is -0.493 e. The number of methoxy groups -OCH3 is 2. The number of benzene rings is 3. The second kappa shape index (κ2) is 12.0. The summed E-state index contributed by atoms with van der Waals surface area (Å²) in [7, 11) is 3.08. The Labute approximate surface area is 247 Å². The van der Waals surface area contributed by atoms with Gasteiger partial charge in [0.25, 0.3) is 0 Å². The third-order valence-corrected chi connectivity index (χ3v) is 11.3. The zero-order chi connectivity index (χ0) is 28.4. The van der Waals surface area contributed by atoms with E-state index in [1.54, 1.807) is 35.7 Å². The lowest BCUT2D eigenvalue weighted by molar-refractivity contribution is -0.144. The maximum absolute atomic E-state index is 13.3. The molecule has 3 heterocycles. The van der Waals surface area contributed by atoms with Gasteiger partial charge in [-0.3, -0.25) is 4.79 Å². The fraction of sp³-hybridized carbons (Fsp3) is 0.387. The number of hydrogen-bond acceptors (Lipinski definition) is 10. The first-order chi connectivity index (χ1) is 20.0. The largest absolute Gasteiger partial charge is 0.493 e. The van der Waals surface area contributed by atoms with Gasteiger partial charge in [0.2, 0.25) is 12.5 Å². The first-order valence-corrected chi connectivity index (χ1v) is 15.5. The van der Waals surface area contributed by atoms with E-state index in [1.165, 1.54) is 14.2 Å². The van der Waals surface area contributed by atoms with Crippen LogP contribution in [0.5, 0.6) is 28.7 Å². The topological polar surface area (TPSA) is 92.7 Å². The number of carbonyl (C=O) groups is 1. The molecule has 0 unspecified atom stereocenters. The molecule has 0 aliphatic carbocycles. The fourth-order valence-corrected chi connectivity index (χ4v) is 9.28. The fourth-order valence-electron chi connectivity index (χ4n) is 5.64. The van der Waals surface area contributed by atoms with E-state index in [4.69, 9.17) is 28.4 Å². The first-order valence-electron chi connectivity index (χ1n) is 13.5. The van der Waals surface area contributed by atoms with Gasteiger partial charge in [-0.15, -0.1) is 23.5 Å². The average Bonchev–Trinajstić information content (AvgIpc) is 3.66. The van der Waals surface area contributed by atoms with Crippen molar-refractivity contribution >= 4 is 29.5 Å². The Morgan fingerprint density at radius 2 is 1.66 bits per heavy atom. The molecule has 0 amide bonds. The molecule has 2 fully saturated rings. The Hall–Kier alpha value is -3.21. The number of carbonyl (C=O) groups excluding carboxylic acids is 1. The Balaban J connectivity index is 1.33. The van der Waals surface area contributed by atoms with Gasteiger partial charge >= 0.3 is 5.97 Å². The summed E-state index contributed by atoms with van der Waals surface area (Å²) >= 11 is 3.60. The van der Waals surface area contributed by atoms with Gasteiger partial charge in [0, 0.05) is 5.92 Å². The van der Waals surface area contributed by atoms with Crippen molar-refractivity contribution in [3.63, 3.8) is 0 Å². The minimum absolute atomic E-state index is 0.188. The molecule has 0 radical (unpaired) electrons. The number of thioether (sulfide) groups is 2. The van der Waals surface area contributed by atoms with Gasteiger partial charge in [-0.25, -0.2) is 0 Å². The van der Waals surface area contributed by atoms with Crippen LogP contribution in [0.1, 0.15) is 29.2 Å². The molecule has 3 atom stereocenters. The maximum atomic E-state index is 13.3. The van der Waals surface area contributed by atoms with Crippen LogP contribution in [0.25, 0.3) is 0 Å². The molecule has 8 nitrogen and oxygen atoms in total. The van der Waals surface area contributed by atoms with Crippen molar-refractivity contribution in [2.75, 3.05) is 39.1 Å². The number of esters is 1. The molecule has 3 aromatic rings. The number of fused-ring (bicyclic) bond motifs is 1. The Morgan fingerprint density at radius 3 is 2.37 bits per heavy atom. The van der Waals surface area contributed by atoms with E-state index < -0.39 is 22.1 Å². The summed E-state index contributed by atoms with van der Waals surface area (Å²) in [6, 6.07) is 19.2. The number of rotatable bonds is 9. The monoisotopic (exact) mass is 596 g/mol. The zero-order valence-electron chi connectivity index (χ0n) is 22.9. The van der Waals surface area contributed by atoms with E-state index in [9.17, 15) is 9.90 Å². The summed E-state index contributed by atoms with van der Waals surface area (Å²) < 4.78 is 33.8. The van der Waals surface area contributed by atoms with E-state index in [0.717, 1.165) is 29.1 Å². The average molecular weight is 597 g/mol. The van der Waals surface area contributed by atoms with Crippen LogP contribution in [-0.4, -0.2) is 50.2 Å². The normalized spacial score (nSPS) is 21.7. The van der Waals surface area contributed by atoms with Crippen molar-refractivity contribution in [2.45, 2.75) is 23.2 Å². The molecule has 41 heavy (non-hydrogen) atoms. The van der Waals surface area contributed by atoms with Crippen LogP contribution < -0.4 is 23.7 Å². The maximum Gasteiger partial charge on any atom is 0.312 e. The van der Waals surface area contributed by atoms with Crippen molar-refractivity contribution < 1.29 is 38.3 Å². The molecular weight excluding hydrogens is 564 g/mol. The highest BCUT2D eigenvalue weighted by molar-refractivity contribution is 8.18. The van der Waals surface area contributed by atoms with Gasteiger partial charge in [0.15, 0.2) is 23.0 Å². The molecule has 2 saturated heterocycles. The highest BCUT2D eigenvalue weighted by Crippen LogP contribution is 2.61. The Kier molecular flexibility index (Phi) is 8.14. The highest BCUT2D eigenvalue weighted by Gasteiger charge is 2.55. The quantitative estimate of drug-likeness (QED) is 0.317. The third kappa shape index (κ3) is 5.29. The summed E-state index contributed by atoms with van der Waals surface area (Å²) in [5.74, 6) is 2.99. The standard InChI is InChI=1S/C31H32O8S2/c1-34-25-13-20(14-26(35-2)29(25)36-16-19-7-4-3-5-8-19)28(32)27-22(17-37-30(27)33)31(40-11-6-12-41-31)21-9-10-23-24(15-21)39-18-38-23/h3-5,7-10,13-15,22,27-28,32H,6,11-12,16-18H2,1-2H3/t22-,27-,28+/m1/s1. The molecule has 216 valence electrons. The minimum atomic E-state index is -1.16. The summed E-state index contributed by atoms with van der Waals surface area (Å²) in [5.41, 5.74) is 2.51. The SMILES string of the molecule is COc1cc([C@H](O)[C@@H]2C(=O)OC[C@H]2C2(c3ccc4c(c3)OCO4)SCCCS2)cc(OC)c1OCc1ccccc1. The van der Waals surface area contributed by atoms with Crippen molar-refractivity contribution in [2.24, 2.45) is 11.8 Å². The van der Waals surface area contributed by atoms with E-state index in [1.807, 2.05) is 48.5 Å². The molecule has 3 aliphatic heterocycles. The van der Waals surface area contributed by atoms with Gasteiger partial charge in [-0.1, -0.05) is 36.4 Å². The summed E-state index contributed by atoms with van der Waals surface area (Å²) in [4.78, 5) is 13.3. The second-order valence-corrected chi connectivity index (χ2v) is 13.0. The van der Waals surface area contributed by atoms with Crippen LogP contribution in [0.15, 0.2) is 60.7 Å². The number of aliphatic hydroxyl groups is 1. The van der Waals surface area contributed by atoms with Crippen LogP contribution in [-0.2, 0) is 20.2 Å². The molecule has 10 heteroatoms. The van der Waals surface area contributed by atoms with Gasteiger partial charge in [-0.2, -0.15) is 0 Å². The first kappa shape index (κ1) is 27.9. The number of hydrogen-bond donors (Lipinski definition) is 1. The smallest absolute Gasteiger partial charge is 0.312 e. The predicted octanol–water partition coefficient (Wildman–Crippen LogP) is 5.56. The number of aliphatic hydroxyl groups excluding tert-OH is 1. The zero-order valence-corrected chi connectivity index (χ0v) is 24.5. The van der Waals surface area contributed by atoms with Crippen LogP contribution >= 0.6 is 23.5 Å². The lowest BCUT2D eigenvalue weighted by Crippen LogP contribution is -2.39. The molecule has 3 aromatic carbocycles. The molecule has 0 saturated carbocycles. The lowest BCUT2D eigenvalue weighted by atomic mass is 9.82. The molecule has 0 aromatic heterocycles. The second-order valence-electron chi connectivity index (χ2n) is 10.0. The summed E-state index contributed by atoms with van der Waals surface area (Å²) in [6.45, 7) is 0.716. The molecule has 3 aliphatic rings. The van der Waals surface area contributed by atoms with E-state index in [-0.39, 0.29) is 19.3 Å². The highest BCUT2D eigenvalue weighted by atomic mass is 32.2.